The number of carboxylic acids is 1. The standard InChI is InChI=1S/C7H13N3O2/c8-6(7(11)12)1-3-10-4-2-9-5-10/h2,4,6,9H,1,3,5,8H2,(H,11,12). The Morgan fingerprint density at radius 2 is 2.58 bits per heavy atom. The van der Waals surface area contributed by atoms with E-state index in [0.29, 0.717) is 13.0 Å². The van der Waals surface area contributed by atoms with Crippen molar-refractivity contribution < 1.29 is 9.90 Å². The molecule has 1 unspecified atom stereocenters. The largest absolute Gasteiger partial charge is 0.480 e. The number of rotatable bonds is 4. The van der Waals surface area contributed by atoms with E-state index in [-0.39, 0.29) is 0 Å². The molecule has 0 aromatic heterocycles. The second kappa shape index (κ2) is 3.96. The molecule has 0 bridgehead atoms. The zero-order valence-corrected chi connectivity index (χ0v) is 6.73. The Labute approximate surface area is 70.8 Å². The fraction of sp³-hybridized carbons (Fsp3) is 0.571. The van der Waals surface area contributed by atoms with E-state index >= 15 is 0 Å². The minimum atomic E-state index is -0.939. The zero-order chi connectivity index (χ0) is 8.97. The first-order valence-electron chi connectivity index (χ1n) is 3.82. The Bertz CT molecular complexity index is 191. The molecule has 1 aliphatic heterocycles. The van der Waals surface area contributed by atoms with Crippen LogP contribution in [-0.2, 0) is 4.79 Å². The predicted octanol–water partition coefficient (Wildman–Crippen LogP) is -0.878. The maximum atomic E-state index is 10.3. The average Bonchev–Trinajstić information content (AvgIpc) is 2.51. The van der Waals surface area contributed by atoms with Gasteiger partial charge in [0.1, 0.15) is 6.04 Å². The number of carboxylic acid groups (broad SMARTS) is 1. The molecule has 1 aliphatic rings. The second-order valence-corrected chi connectivity index (χ2v) is 2.72. The number of nitrogens with two attached hydrogens (primary N) is 1. The monoisotopic (exact) mass is 171 g/mol. The lowest BCUT2D eigenvalue weighted by Gasteiger charge is -2.15. The predicted molar refractivity (Wildman–Crippen MR) is 44.1 cm³/mol. The van der Waals surface area contributed by atoms with Gasteiger partial charge in [-0.25, -0.2) is 0 Å². The molecule has 0 aliphatic carbocycles. The molecule has 0 fully saturated rings. The number of hydrogen-bond acceptors (Lipinski definition) is 4. The zero-order valence-electron chi connectivity index (χ0n) is 6.73. The normalized spacial score (nSPS) is 17.6. The van der Waals surface area contributed by atoms with Crippen LogP contribution in [0.3, 0.4) is 0 Å². The first kappa shape index (κ1) is 8.86. The van der Waals surface area contributed by atoms with E-state index in [9.17, 15) is 4.79 Å². The van der Waals surface area contributed by atoms with Crippen LogP contribution in [0.4, 0.5) is 0 Å². The lowest BCUT2D eigenvalue weighted by atomic mass is 10.2. The lowest BCUT2D eigenvalue weighted by Crippen LogP contribution is -2.34. The topological polar surface area (TPSA) is 78.6 Å². The summed E-state index contributed by atoms with van der Waals surface area (Å²) < 4.78 is 0. The van der Waals surface area contributed by atoms with Gasteiger partial charge < -0.3 is 21.1 Å². The molecule has 0 aromatic rings. The summed E-state index contributed by atoms with van der Waals surface area (Å²) in [5, 5.41) is 11.5. The average molecular weight is 171 g/mol. The molecule has 68 valence electrons. The molecule has 12 heavy (non-hydrogen) atoms. The van der Waals surface area contributed by atoms with Gasteiger partial charge in [0.25, 0.3) is 0 Å². The van der Waals surface area contributed by atoms with Crippen molar-refractivity contribution in [3.05, 3.63) is 12.4 Å². The number of aliphatic carboxylic acids is 1. The van der Waals surface area contributed by atoms with E-state index in [2.05, 4.69) is 5.32 Å². The summed E-state index contributed by atoms with van der Waals surface area (Å²) in [4.78, 5) is 12.3. The fourth-order valence-corrected chi connectivity index (χ4v) is 0.963. The van der Waals surface area contributed by atoms with Gasteiger partial charge in [-0.1, -0.05) is 0 Å². The van der Waals surface area contributed by atoms with Crippen LogP contribution in [-0.4, -0.2) is 35.2 Å². The van der Waals surface area contributed by atoms with Crippen molar-refractivity contribution in [3.63, 3.8) is 0 Å². The van der Waals surface area contributed by atoms with Crippen LogP contribution < -0.4 is 11.1 Å². The van der Waals surface area contributed by atoms with E-state index in [0.717, 1.165) is 6.67 Å². The third-order valence-electron chi connectivity index (χ3n) is 1.74. The Morgan fingerprint density at radius 1 is 1.83 bits per heavy atom. The van der Waals surface area contributed by atoms with E-state index in [4.69, 9.17) is 10.8 Å². The number of carbonyl (C=O) groups is 1. The fourth-order valence-electron chi connectivity index (χ4n) is 0.963. The number of nitrogens with one attached hydrogen (secondary N) is 1. The van der Waals surface area contributed by atoms with Crippen molar-refractivity contribution in [2.24, 2.45) is 5.73 Å². The van der Waals surface area contributed by atoms with Crippen LogP contribution in [0.2, 0.25) is 0 Å². The molecule has 0 aromatic carbocycles. The van der Waals surface area contributed by atoms with Crippen LogP contribution in [0, 0.1) is 0 Å². The van der Waals surface area contributed by atoms with Crippen LogP contribution in [0.25, 0.3) is 0 Å². The van der Waals surface area contributed by atoms with Gasteiger partial charge in [0.05, 0.1) is 6.67 Å². The molecule has 5 nitrogen and oxygen atoms in total. The molecule has 1 rings (SSSR count). The Balaban J connectivity index is 2.16. The first-order chi connectivity index (χ1) is 5.70. The van der Waals surface area contributed by atoms with Gasteiger partial charge in [0.15, 0.2) is 0 Å². The lowest BCUT2D eigenvalue weighted by molar-refractivity contribution is -0.138. The minimum Gasteiger partial charge on any atom is -0.480 e. The van der Waals surface area contributed by atoms with Gasteiger partial charge in [0.2, 0.25) is 0 Å². The van der Waals surface area contributed by atoms with Crippen molar-refractivity contribution in [1.29, 1.82) is 0 Å². The summed E-state index contributed by atoms with van der Waals surface area (Å²) in [7, 11) is 0. The maximum absolute atomic E-state index is 10.3. The van der Waals surface area contributed by atoms with Crippen LogP contribution in [0.15, 0.2) is 12.4 Å². The molecular formula is C7H13N3O2. The van der Waals surface area contributed by atoms with Crippen molar-refractivity contribution in [2.45, 2.75) is 12.5 Å². The van der Waals surface area contributed by atoms with E-state index in [1.165, 1.54) is 0 Å². The molecule has 0 saturated carbocycles. The van der Waals surface area contributed by atoms with E-state index in [1.54, 1.807) is 0 Å². The van der Waals surface area contributed by atoms with E-state index in [1.807, 2.05) is 17.3 Å². The van der Waals surface area contributed by atoms with Gasteiger partial charge in [0, 0.05) is 18.9 Å². The first-order valence-corrected chi connectivity index (χ1v) is 3.82. The van der Waals surface area contributed by atoms with Gasteiger partial charge in [-0.2, -0.15) is 0 Å². The van der Waals surface area contributed by atoms with Gasteiger partial charge in [-0.15, -0.1) is 0 Å². The molecular weight excluding hydrogens is 158 g/mol. The number of hydrogen-bond donors (Lipinski definition) is 3. The van der Waals surface area contributed by atoms with Crippen molar-refractivity contribution in [2.75, 3.05) is 13.2 Å². The molecule has 5 heteroatoms. The third-order valence-corrected chi connectivity index (χ3v) is 1.74. The molecule has 4 N–H and O–H groups in total. The highest BCUT2D eigenvalue weighted by Gasteiger charge is 2.12. The Hall–Kier alpha value is -1.23. The Kier molecular flexibility index (Phi) is 2.93. The van der Waals surface area contributed by atoms with Gasteiger partial charge in [-0.05, 0) is 6.42 Å². The summed E-state index contributed by atoms with van der Waals surface area (Å²) in [5.41, 5.74) is 5.32. The summed E-state index contributed by atoms with van der Waals surface area (Å²) >= 11 is 0. The molecule has 0 spiro atoms. The highest BCUT2D eigenvalue weighted by atomic mass is 16.4. The smallest absolute Gasteiger partial charge is 0.320 e. The van der Waals surface area contributed by atoms with Crippen molar-refractivity contribution >= 4 is 5.97 Å². The van der Waals surface area contributed by atoms with Crippen LogP contribution in [0.5, 0.6) is 0 Å². The maximum Gasteiger partial charge on any atom is 0.320 e. The molecule has 1 atom stereocenters. The van der Waals surface area contributed by atoms with Crippen LogP contribution >= 0.6 is 0 Å². The van der Waals surface area contributed by atoms with Crippen molar-refractivity contribution in [1.82, 2.24) is 10.2 Å². The van der Waals surface area contributed by atoms with Crippen LogP contribution in [0.1, 0.15) is 6.42 Å². The highest BCUT2D eigenvalue weighted by Crippen LogP contribution is 1.98. The molecule has 1 heterocycles. The summed E-state index contributed by atoms with van der Waals surface area (Å²) in [6.07, 6.45) is 4.18. The second-order valence-electron chi connectivity index (χ2n) is 2.72. The molecule has 0 radical (unpaired) electrons. The number of nitrogens with zero attached hydrogens (tertiary/aromatic N) is 1. The van der Waals surface area contributed by atoms with Gasteiger partial charge >= 0.3 is 5.97 Å². The summed E-state index contributed by atoms with van der Waals surface area (Å²) in [6, 6.07) is -0.751. The highest BCUT2D eigenvalue weighted by molar-refractivity contribution is 5.72. The van der Waals surface area contributed by atoms with Crippen molar-refractivity contribution in [3.8, 4) is 0 Å². The van der Waals surface area contributed by atoms with Gasteiger partial charge in [-0.3, -0.25) is 4.79 Å². The summed E-state index contributed by atoms with van der Waals surface area (Å²) in [6.45, 7) is 1.42. The molecule has 0 saturated heterocycles. The summed E-state index contributed by atoms with van der Waals surface area (Å²) in [5.74, 6) is -0.939. The Morgan fingerprint density at radius 3 is 3.08 bits per heavy atom. The molecule has 0 amide bonds. The van der Waals surface area contributed by atoms with E-state index < -0.39 is 12.0 Å². The quantitative estimate of drug-likeness (QED) is 0.512. The SMILES string of the molecule is NC(CCN1C=CNC1)C(=O)O. The third kappa shape index (κ3) is 2.43. The minimum absolute atomic E-state index is 0.474.